The van der Waals surface area contributed by atoms with Crippen molar-refractivity contribution in [1.29, 1.82) is 0 Å². The van der Waals surface area contributed by atoms with E-state index in [4.69, 9.17) is 19.9 Å². The molecule has 0 aromatic heterocycles. The van der Waals surface area contributed by atoms with Crippen LogP contribution in [0.4, 0.5) is 11.4 Å². The Kier molecular flexibility index (Phi) is 10.9. The second-order valence-electron chi connectivity index (χ2n) is 10.1. The van der Waals surface area contributed by atoms with E-state index in [0.717, 1.165) is 11.1 Å². The van der Waals surface area contributed by atoms with Crippen molar-refractivity contribution in [3.63, 3.8) is 0 Å². The zero-order chi connectivity index (χ0) is 30.8. The minimum Gasteiger partial charge on any atom is -0.465 e. The van der Waals surface area contributed by atoms with Crippen molar-refractivity contribution >= 4 is 29.2 Å². The van der Waals surface area contributed by atoms with E-state index in [0.29, 0.717) is 42.0 Å². The number of anilines is 2. The molecule has 0 spiro atoms. The maximum atomic E-state index is 13.3. The maximum absolute atomic E-state index is 13.3. The average molecular weight is 588 g/mol. The van der Waals surface area contributed by atoms with Gasteiger partial charge in [-0.1, -0.05) is 36.4 Å². The van der Waals surface area contributed by atoms with Crippen molar-refractivity contribution < 1.29 is 33.7 Å². The predicted molar refractivity (Wildman–Crippen MR) is 162 cm³/mol. The van der Waals surface area contributed by atoms with Crippen LogP contribution < -0.4 is 16.4 Å². The summed E-state index contributed by atoms with van der Waals surface area (Å²) in [5, 5.41) is 15.2. The summed E-state index contributed by atoms with van der Waals surface area (Å²) < 4.78 is 16.8. The van der Waals surface area contributed by atoms with Crippen LogP contribution in [-0.4, -0.2) is 49.5 Å². The Balaban J connectivity index is 1.47. The minimum atomic E-state index is -0.705. The lowest BCUT2D eigenvalue weighted by Crippen LogP contribution is -2.39. The number of carbonyl (C=O) groups is 3. The summed E-state index contributed by atoms with van der Waals surface area (Å²) in [4.78, 5) is 37.8. The first-order valence-corrected chi connectivity index (χ1v) is 14.2. The number of esters is 1. The Morgan fingerprint density at radius 2 is 1.65 bits per heavy atom. The van der Waals surface area contributed by atoms with Crippen LogP contribution in [0.25, 0.3) is 0 Å². The molecule has 4 rings (SSSR count). The summed E-state index contributed by atoms with van der Waals surface area (Å²) in [6.45, 7) is 2.45. The van der Waals surface area contributed by atoms with E-state index in [1.807, 2.05) is 19.1 Å². The van der Waals surface area contributed by atoms with Crippen molar-refractivity contribution in [2.45, 2.75) is 38.5 Å². The summed E-state index contributed by atoms with van der Waals surface area (Å²) in [5.74, 6) is -1.45. The number of methoxy groups -OCH3 is 1. The number of amides is 2. The van der Waals surface area contributed by atoms with Gasteiger partial charge in [-0.2, -0.15) is 0 Å². The molecule has 5 N–H and O–H groups in total. The molecule has 0 fully saturated rings. The Morgan fingerprint density at radius 1 is 0.953 bits per heavy atom. The number of allylic oxidation sites excluding steroid dienone is 1. The molecule has 0 unspecified atom stereocenters. The molecule has 0 aliphatic carbocycles. The van der Waals surface area contributed by atoms with Gasteiger partial charge in [0.1, 0.15) is 0 Å². The Bertz CT molecular complexity index is 1440. The minimum absolute atomic E-state index is 0.0150. The van der Waals surface area contributed by atoms with Gasteiger partial charge in [0.05, 0.1) is 24.0 Å². The first-order valence-electron chi connectivity index (χ1n) is 14.2. The highest BCUT2D eigenvalue weighted by molar-refractivity contribution is 6.05. The molecule has 43 heavy (non-hydrogen) atoms. The van der Waals surface area contributed by atoms with Crippen LogP contribution in [-0.2, 0) is 25.5 Å². The van der Waals surface area contributed by atoms with Gasteiger partial charge in [-0.15, -0.1) is 0 Å². The number of aliphatic hydroxyl groups is 1. The number of benzene rings is 3. The third-order valence-corrected chi connectivity index (χ3v) is 7.23. The quantitative estimate of drug-likeness (QED) is 0.180. The number of para-hydroxylation sites is 2. The highest BCUT2D eigenvalue weighted by atomic mass is 16.7. The number of aliphatic hydroxyl groups excluding tert-OH is 1. The molecule has 10 heteroatoms. The van der Waals surface area contributed by atoms with E-state index in [1.54, 1.807) is 66.7 Å². The first kappa shape index (κ1) is 31.3. The molecule has 3 atom stereocenters. The van der Waals surface area contributed by atoms with Crippen LogP contribution in [0.3, 0.4) is 0 Å². The maximum Gasteiger partial charge on any atom is 0.337 e. The molecule has 10 nitrogen and oxygen atoms in total. The number of nitrogens with one attached hydrogen (secondary N) is 2. The van der Waals surface area contributed by atoms with Gasteiger partial charge in [0.2, 0.25) is 6.29 Å². The molecule has 1 heterocycles. The molecule has 0 saturated carbocycles. The molecular formula is C33H37N3O7. The fraction of sp³-hybridized carbons (Fsp3) is 0.303. The van der Waals surface area contributed by atoms with E-state index in [9.17, 15) is 19.5 Å². The van der Waals surface area contributed by atoms with Crippen LogP contribution in [0, 0.1) is 5.92 Å². The third-order valence-electron chi connectivity index (χ3n) is 7.23. The number of nitrogen functional groups attached to an aromatic ring is 1. The topological polar surface area (TPSA) is 149 Å². The van der Waals surface area contributed by atoms with E-state index in [-0.39, 0.29) is 36.7 Å². The van der Waals surface area contributed by atoms with Gasteiger partial charge in [0.15, 0.2) is 5.76 Å². The molecule has 1 aliphatic heterocycles. The van der Waals surface area contributed by atoms with E-state index >= 15 is 0 Å². The second kappa shape index (κ2) is 15.0. The van der Waals surface area contributed by atoms with Gasteiger partial charge in [0, 0.05) is 37.2 Å². The lowest BCUT2D eigenvalue weighted by molar-refractivity contribution is -0.166. The van der Waals surface area contributed by atoms with Crippen molar-refractivity contribution in [3.8, 4) is 0 Å². The number of nitrogens with two attached hydrogens (primary N) is 1. The van der Waals surface area contributed by atoms with Gasteiger partial charge in [-0.05, 0) is 73.4 Å². The summed E-state index contributed by atoms with van der Waals surface area (Å²) in [7, 11) is 1.33. The van der Waals surface area contributed by atoms with E-state index < -0.39 is 18.2 Å². The summed E-state index contributed by atoms with van der Waals surface area (Å²) in [6, 6.07) is 20.9. The predicted octanol–water partition coefficient (Wildman–Crippen LogP) is 4.37. The Labute approximate surface area is 250 Å². The number of hydrogen-bond donors (Lipinski definition) is 4. The van der Waals surface area contributed by atoms with Crippen LogP contribution in [0.15, 0.2) is 84.6 Å². The first-order chi connectivity index (χ1) is 20.8. The van der Waals surface area contributed by atoms with Crippen molar-refractivity contribution in [2.75, 3.05) is 31.4 Å². The standard InChI is InChI=1S/C33H37N3O7/c1-3-42-33-25(7-6-18-37)26(22-14-16-24(17-15-22)32(40)41-2)19-29(43-33)31(39)35-20-21-10-12-23(13-11-21)30(38)36-28-9-5-4-8-27(28)34/h4-5,8-17,19,25-26,33,37H,3,6-7,18,20,34H2,1-2H3,(H,35,39)(H,36,38)/t25-,26-,33-/m0/s1. The molecule has 226 valence electrons. The molecule has 3 aromatic rings. The van der Waals surface area contributed by atoms with Gasteiger partial charge >= 0.3 is 5.97 Å². The van der Waals surface area contributed by atoms with Gasteiger partial charge in [-0.3, -0.25) is 9.59 Å². The van der Waals surface area contributed by atoms with Crippen molar-refractivity contribution in [1.82, 2.24) is 5.32 Å². The fourth-order valence-corrected chi connectivity index (χ4v) is 4.95. The monoisotopic (exact) mass is 587 g/mol. The van der Waals surface area contributed by atoms with E-state index in [2.05, 4.69) is 10.6 Å². The molecule has 0 bridgehead atoms. The molecule has 0 radical (unpaired) electrons. The third kappa shape index (κ3) is 8.00. The Morgan fingerprint density at radius 3 is 2.30 bits per heavy atom. The Hall–Kier alpha value is -4.67. The number of ether oxygens (including phenoxy) is 3. The highest BCUT2D eigenvalue weighted by Gasteiger charge is 2.37. The van der Waals surface area contributed by atoms with Crippen molar-refractivity contribution in [2.24, 2.45) is 5.92 Å². The van der Waals surface area contributed by atoms with Gasteiger partial charge in [-0.25, -0.2) is 4.79 Å². The lowest BCUT2D eigenvalue weighted by Gasteiger charge is -2.37. The summed E-state index contributed by atoms with van der Waals surface area (Å²) in [5.41, 5.74) is 9.45. The van der Waals surface area contributed by atoms with E-state index in [1.165, 1.54) is 7.11 Å². The normalized spacial score (nSPS) is 17.7. The van der Waals surface area contributed by atoms with Crippen LogP contribution in [0.1, 0.15) is 57.5 Å². The summed E-state index contributed by atoms with van der Waals surface area (Å²) in [6.07, 6.45) is 2.20. The summed E-state index contributed by atoms with van der Waals surface area (Å²) >= 11 is 0. The smallest absolute Gasteiger partial charge is 0.337 e. The molecule has 1 aliphatic rings. The molecular weight excluding hydrogens is 550 g/mol. The van der Waals surface area contributed by atoms with Crippen molar-refractivity contribution in [3.05, 3.63) is 107 Å². The number of rotatable bonds is 12. The lowest BCUT2D eigenvalue weighted by atomic mass is 9.80. The van der Waals surface area contributed by atoms with Crippen LogP contribution in [0.2, 0.25) is 0 Å². The molecule has 3 aromatic carbocycles. The SMILES string of the molecule is CCO[C@H]1OC(C(=O)NCc2ccc(C(=O)Nc3ccccc3N)cc2)=C[C@@H](c2ccc(C(=O)OC)cc2)[C@@H]1CCCO. The van der Waals surface area contributed by atoms with Crippen LogP contribution >= 0.6 is 0 Å². The molecule has 0 saturated heterocycles. The zero-order valence-electron chi connectivity index (χ0n) is 24.2. The number of hydrogen-bond acceptors (Lipinski definition) is 8. The van der Waals surface area contributed by atoms with Gasteiger partial charge in [0.25, 0.3) is 11.8 Å². The average Bonchev–Trinajstić information content (AvgIpc) is 3.03. The fourth-order valence-electron chi connectivity index (χ4n) is 4.95. The zero-order valence-corrected chi connectivity index (χ0v) is 24.2. The van der Waals surface area contributed by atoms with Gasteiger partial charge < -0.3 is 35.7 Å². The second-order valence-corrected chi connectivity index (χ2v) is 10.1. The molecule has 2 amide bonds. The highest BCUT2D eigenvalue weighted by Crippen LogP contribution is 2.39. The van der Waals surface area contributed by atoms with Crippen LogP contribution in [0.5, 0.6) is 0 Å². The number of carbonyl (C=O) groups excluding carboxylic acids is 3. The largest absolute Gasteiger partial charge is 0.465 e.